The Bertz CT molecular complexity index is 186. The molecule has 14 heavy (non-hydrogen) atoms. The maximum Gasteiger partial charge on any atom is 0.407 e. The Morgan fingerprint density at radius 3 is 2.93 bits per heavy atom. The highest BCUT2D eigenvalue weighted by molar-refractivity contribution is 5.67. The molecule has 1 rings (SSSR count). The summed E-state index contributed by atoms with van der Waals surface area (Å²) < 4.78 is 4.65. The molecule has 5 heteroatoms. The van der Waals surface area contributed by atoms with Crippen molar-refractivity contribution in [2.24, 2.45) is 0 Å². The Kier molecular flexibility index (Phi) is 4.69. The van der Waals surface area contributed by atoms with Gasteiger partial charge in [-0.3, -0.25) is 0 Å². The summed E-state index contributed by atoms with van der Waals surface area (Å²) in [5.74, 6) is 0. The number of carbonyl (C=O) groups is 1. The summed E-state index contributed by atoms with van der Waals surface area (Å²) in [5.41, 5.74) is 0. The van der Waals surface area contributed by atoms with Crippen molar-refractivity contribution in [2.75, 3.05) is 13.2 Å². The van der Waals surface area contributed by atoms with E-state index in [0.717, 1.165) is 19.3 Å². The second-order valence-electron chi connectivity index (χ2n) is 3.52. The third-order valence-corrected chi connectivity index (χ3v) is 2.29. The molecule has 0 heterocycles. The van der Waals surface area contributed by atoms with E-state index in [2.05, 4.69) is 10.1 Å². The highest BCUT2D eigenvalue weighted by Crippen LogP contribution is 2.18. The summed E-state index contributed by atoms with van der Waals surface area (Å²) in [4.78, 5) is 11.1. The fourth-order valence-electron chi connectivity index (χ4n) is 1.64. The number of hydrogen-bond donors (Lipinski definition) is 3. The molecular weight excluding hydrogens is 186 g/mol. The monoisotopic (exact) mass is 203 g/mol. The van der Waals surface area contributed by atoms with Crippen molar-refractivity contribution >= 4 is 6.09 Å². The first-order valence-corrected chi connectivity index (χ1v) is 4.94. The van der Waals surface area contributed by atoms with Crippen molar-refractivity contribution < 1.29 is 19.7 Å². The molecule has 2 atom stereocenters. The number of aliphatic hydroxyl groups excluding tert-OH is 2. The van der Waals surface area contributed by atoms with Gasteiger partial charge in [0, 0.05) is 6.04 Å². The number of ether oxygens (including phenoxy) is 1. The second-order valence-corrected chi connectivity index (χ2v) is 3.52. The molecule has 0 radical (unpaired) electrons. The number of rotatable bonds is 3. The molecule has 1 amide bonds. The van der Waals surface area contributed by atoms with Crippen LogP contribution in [0.25, 0.3) is 0 Å². The molecule has 0 aromatic rings. The molecule has 0 spiro atoms. The first-order chi connectivity index (χ1) is 6.72. The highest BCUT2D eigenvalue weighted by atomic mass is 16.6. The van der Waals surface area contributed by atoms with Crippen molar-refractivity contribution in [3.63, 3.8) is 0 Å². The Labute approximate surface area is 83.1 Å². The molecule has 0 aromatic carbocycles. The van der Waals surface area contributed by atoms with Gasteiger partial charge >= 0.3 is 6.09 Å². The maximum atomic E-state index is 11.1. The zero-order valence-electron chi connectivity index (χ0n) is 8.11. The standard InChI is InChI=1S/C9H17NO4/c11-4-5-14-9(13)10-7-2-1-3-8(12)6-7/h7-8,11-12H,1-6H2,(H,10,13). The van der Waals surface area contributed by atoms with Crippen molar-refractivity contribution in [2.45, 2.75) is 37.8 Å². The third-order valence-electron chi connectivity index (χ3n) is 2.29. The molecule has 5 nitrogen and oxygen atoms in total. The molecule has 1 saturated carbocycles. The minimum atomic E-state index is -0.516. The molecule has 82 valence electrons. The number of hydrogen-bond acceptors (Lipinski definition) is 4. The summed E-state index contributed by atoms with van der Waals surface area (Å²) in [6.45, 7) is -0.151. The van der Waals surface area contributed by atoms with E-state index in [1.807, 2.05) is 0 Å². The van der Waals surface area contributed by atoms with Gasteiger partial charge in [0.2, 0.25) is 0 Å². The van der Waals surface area contributed by atoms with Crippen molar-refractivity contribution in [1.82, 2.24) is 5.32 Å². The average Bonchev–Trinajstić information content (AvgIpc) is 2.15. The lowest BCUT2D eigenvalue weighted by atomic mass is 9.93. The molecule has 1 fully saturated rings. The lowest BCUT2D eigenvalue weighted by Crippen LogP contribution is -2.40. The number of aliphatic hydroxyl groups is 2. The van der Waals surface area contributed by atoms with Crippen LogP contribution in [0.5, 0.6) is 0 Å². The summed E-state index contributed by atoms with van der Waals surface area (Å²) in [7, 11) is 0. The van der Waals surface area contributed by atoms with Crippen LogP contribution in [0.1, 0.15) is 25.7 Å². The first-order valence-electron chi connectivity index (χ1n) is 4.94. The Hall–Kier alpha value is -0.810. The number of amides is 1. The van der Waals surface area contributed by atoms with Gasteiger partial charge in [-0.2, -0.15) is 0 Å². The van der Waals surface area contributed by atoms with Crippen LogP contribution in [0.3, 0.4) is 0 Å². The van der Waals surface area contributed by atoms with Crippen LogP contribution >= 0.6 is 0 Å². The normalized spacial score (nSPS) is 27.0. The van der Waals surface area contributed by atoms with Gasteiger partial charge in [-0.25, -0.2) is 4.79 Å². The summed E-state index contributed by atoms with van der Waals surface area (Å²) >= 11 is 0. The summed E-state index contributed by atoms with van der Waals surface area (Å²) in [6.07, 6.45) is 2.38. The molecule has 0 saturated heterocycles. The van der Waals surface area contributed by atoms with E-state index in [1.165, 1.54) is 0 Å². The zero-order chi connectivity index (χ0) is 10.4. The van der Waals surface area contributed by atoms with Gasteiger partial charge in [-0.15, -0.1) is 0 Å². The van der Waals surface area contributed by atoms with Gasteiger partial charge in [0.25, 0.3) is 0 Å². The van der Waals surface area contributed by atoms with Crippen LogP contribution in [0.15, 0.2) is 0 Å². The van der Waals surface area contributed by atoms with Crippen LogP contribution < -0.4 is 5.32 Å². The van der Waals surface area contributed by atoms with E-state index >= 15 is 0 Å². The molecule has 0 aliphatic heterocycles. The second kappa shape index (κ2) is 5.82. The van der Waals surface area contributed by atoms with E-state index in [9.17, 15) is 9.90 Å². The molecule has 2 unspecified atom stereocenters. The fraction of sp³-hybridized carbons (Fsp3) is 0.889. The fourth-order valence-corrected chi connectivity index (χ4v) is 1.64. The largest absolute Gasteiger partial charge is 0.447 e. The van der Waals surface area contributed by atoms with E-state index < -0.39 is 6.09 Å². The molecular formula is C9H17NO4. The van der Waals surface area contributed by atoms with Crippen molar-refractivity contribution in [3.05, 3.63) is 0 Å². The van der Waals surface area contributed by atoms with Crippen molar-refractivity contribution in [1.29, 1.82) is 0 Å². The first kappa shape index (κ1) is 11.3. The van der Waals surface area contributed by atoms with Gasteiger partial charge < -0.3 is 20.3 Å². The Balaban J connectivity index is 2.18. The van der Waals surface area contributed by atoms with E-state index in [1.54, 1.807) is 0 Å². The molecule has 1 aliphatic rings. The van der Waals surface area contributed by atoms with E-state index in [4.69, 9.17) is 5.11 Å². The third kappa shape index (κ3) is 3.93. The van der Waals surface area contributed by atoms with Gasteiger partial charge in [0.15, 0.2) is 0 Å². The smallest absolute Gasteiger partial charge is 0.407 e. The Morgan fingerprint density at radius 2 is 2.29 bits per heavy atom. The van der Waals surface area contributed by atoms with Gasteiger partial charge in [-0.1, -0.05) is 0 Å². The van der Waals surface area contributed by atoms with Crippen LogP contribution in [-0.2, 0) is 4.74 Å². The quantitative estimate of drug-likeness (QED) is 0.603. The minimum absolute atomic E-state index is 0.00458. The van der Waals surface area contributed by atoms with E-state index in [0.29, 0.717) is 6.42 Å². The van der Waals surface area contributed by atoms with Crippen LogP contribution in [0.4, 0.5) is 4.79 Å². The summed E-state index contributed by atoms with van der Waals surface area (Å²) in [5, 5.41) is 20.4. The van der Waals surface area contributed by atoms with Crippen LogP contribution in [0.2, 0.25) is 0 Å². The summed E-state index contributed by atoms with van der Waals surface area (Å²) in [6, 6.07) is 0.00458. The minimum Gasteiger partial charge on any atom is -0.447 e. The molecule has 0 bridgehead atoms. The highest BCUT2D eigenvalue weighted by Gasteiger charge is 2.21. The van der Waals surface area contributed by atoms with E-state index in [-0.39, 0.29) is 25.4 Å². The zero-order valence-corrected chi connectivity index (χ0v) is 8.11. The van der Waals surface area contributed by atoms with Crippen LogP contribution in [-0.4, -0.2) is 41.7 Å². The maximum absolute atomic E-state index is 11.1. The van der Waals surface area contributed by atoms with Gasteiger partial charge in [-0.05, 0) is 25.7 Å². The number of alkyl carbamates (subject to hydrolysis) is 1. The molecule has 3 N–H and O–H groups in total. The predicted octanol–water partition coefficient (Wildman–Crippen LogP) is 0.00840. The van der Waals surface area contributed by atoms with Gasteiger partial charge in [0.05, 0.1) is 12.7 Å². The lowest BCUT2D eigenvalue weighted by molar-refractivity contribution is 0.0939. The topological polar surface area (TPSA) is 78.8 Å². The van der Waals surface area contributed by atoms with Gasteiger partial charge in [0.1, 0.15) is 6.61 Å². The molecule has 1 aliphatic carbocycles. The lowest BCUT2D eigenvalue weighted by Gasteiger charge is -2.26. The SMILES string of the molecule is O=C(NC1CCCC(O)C1)OCCO. The predicted molar refractivity (Wildman–Crippen MR) is 49.8 cm³/mol. The van der Waals surface area contributed by atoms with Crippen molar-refractivity contribution in [3.8, 4) is 0 Å². The number of nitrogens with one attached hydrogen (secondary N) is 1. The molecule has 0 aromatic heterocycles. The van der Waals surface area contributed by atoms with Crippen LogP contribution in [0, 0.1) is 0 Å². The average molecular weight is 203 g/mol. The Morgan fingerprint density at radius 1 is 1.50 bits per heavy atom. The number of carbonyl (C=O) groups excluding carboxylic acids is 1.